The molecule has 1 rings (SSSR count). The minimum absolute atomic E-state index is 0.112. The van der Waals surface area contributed by atoms with Crippen molar-refractivity contribution in [1.29, 1.82) is 0 Å². The fraction of sp³-hybridized carbons (Fsp3) is 0.462. The lowest BCUT2D eigenvalue weighted by Gasteiger charge is -2.17. The molecule has 0 fully saturated rings. The van der Waals surface area contributed by atoms with Gasteiger partial charge in [0.05, 0.1) is 11.5 Å². The Labute approximate surface area is 127 Å². The lowest BCUT2D eigenvalue weighted by molar-refractivity contribution is -0.384. The van der Waals surface area contributed by atoms with Gasteiger partial charge in [-0.3, -0.25) is 14.9 Å². The van der Waals surface area contributed by atoms with Gasteiger partial charge >= 0.3 is 0 Å². The largest absolute Gasteiger partial charge is 0.351 e. The average Bonchev–Trinajstić information content (AvgIpc) is 2.44. The van der Waals surface area contributed by atoms with Crippen LogP contribution in [0.4, 0.5) is 5.69 Å². The van der Waals surface area contributed by atoms with Gasteiger partial charge in [-0.15, -0.1) is 0 Å². The van der Waals surface area contributed by atoms with Crippen LogP contribution in [0.15, 0.2) is 18.2 Å². The van der Waals surface area contributed by atoms with Gasteiger partial charge in [0, 0.05) is 35.9 Å². The predicted molar refractivity (Wildman–Crippen MR) is 77.5 cm³/mol. The summed E-state index contributed by atoms with van der Waals surface area (Å²) < 4.78 is 10.6. The van der Waals surface area contributed by atoms with E-state index in [9.17, 15) is 14.9 Å². The minimum atomic E-state index is -0.605. The number of hydrogen-bond donors (Lipinski definition) is 1. The Morgan fingerprint density at radius 3 is 2.48 bits per heavy atom. The summed E-state index contributed by atoms with van der Waals surface area (Å²) >= 11 is 5.77. The number of benzene rings is 1. The molecule has 8 heteroatoms. The smallest absolute Gasteiger partial charge is 0.271 e. The number of nitro benzene ring substituents is 1. The quantitative estimate of drug-likeness (QED) is 0.451. The molecule has 1 aromatic rings. The molecule has 0 aliphatic rings. The Balaban J connectivity index is 2.72. The van der Waals surface area contributed by atoms with Crippen molar-refractivity contribution in [3.8, 4) is 0 Å². The maximum Gasteiger partial charge on any atom is 0.271 e. The van der Waals surface area contributed by atoms with Gasteiger partial charge < -0.3 is 14.8 Å². The van der Waals surface area contributed by atoms with E-state index in [-0.39, 0.29) is 22.8 Å². The van der Waals surface area contributed by atoms with Crippen LogP contribution < -0.4 is 5.32 Å². The molecule has 1 aromatic carbocycles. The first-order valence-electron chi connectivity index (χ1n) is 6.44. The molecule has 116 valence electrons. The van der Waals surface area contributed by atoms with Gasteiger partial charge in [0.15, 0.2) is 6.29 Å². The topological polar surface area (TPSA) is 90.7 Å². The van der Waals surface area contributed by atoms with Gasteiger partial charge in [-0.25, -0.2) is 0 Å². The SMILES string of the molecule is CCOC(CNC(=O)c1cc(Cl)cc([N+](=O)[O-])c1)OCC. The van der Waals surface area contributed by atoms with Crippen molar-refractivity contribution in [1.82, 2.24) is 5.32 Å². The van der Waals surface area contributed by atoms with E-state index >= 15 is 0 Å². The number of rotatable bonds is 8. The van der Waals surface area contributed by atoms with Gasteiger partial charge in [0.25, 0.3) is 11.6 Å². The summed E-state index contributed by atoms with van der Waals surface area (Å²) in [6, 6.07) is 3.71. The lowest BCUT2D eigenvalue weighted by atomic mass is 10.2. The second kappa shape index (κ2) is 8.56. The molecular weight excluding hydrogens is 300 g/mol. The van der Waals surface area contributed by atoms with Crippen LogP contribution >= 0.6 is 11.6 Å². The van der Waals surface area contributed by atoms with Gasteiger partial charge in [-0.05, 0) is 19.9 Å². The molecular formula is C13H17ClN2O5. The summed E-state index contributed by atoms with van der Waals surface area (Å²) in [5, 5.41) is 13.5. The number of carbonyl (C=O) groups excluding carboxylic acids is 1. The van der Waals surface area contributed by atoms with Crippen LogP contribution in [0.1, 0.15) is 24.2 Å². The second-order valence-electron chi connectivity index (χ2n) is 4.01. The Kier molecular flexibility index (Phi) is 7.07. The summed E-state index contributed by atoms with van der Waals surface area (Å²) in [4.78, 5) is 22.1. The van der Waals surface area contributed by atoms with Crippen molar-refractivity contribution in [2.75, 3.05) is 19.8 Å². The number of amides is 1. The fourth-order valence-corrected chi connectivity index (χ4v) is 1.86. The van der Waals surface area contributed by atoms with Gasteiger partial charge in [-0.2, -0.15) is 0 Å². The van der Waals surface area contributed by atoms with Crippen molar-refractivity contribution < 1.29 is 19.2 Å². The van der Waals surface area contributed by atoms with Crippen LogP contribution in [0.2, 0.25) is 5.02 Å². The van der Waals surface area contributed by atoms with E-state index in [2.05, 4.69) is 5.32 Å². The van der Waals surface area contributed by atoms with Crippen LogP contribution in [0, 0.1) is 10.1 Å². The molecule has 0 unspecified atom stereocenters. The molecule has 0 aromatic heterocycles. The van der Waals surface area contributed by atoms with Crippen LogP contribution in [-0.2, 0) is 9.47 Å². The number of carbonyl (C=O) groups is 1. The van der Waals surface area contributed by atoms with E-state index in [1.165, 1.54) is 12.1 Å². The molecule has 0 aliphatic heterocycles. The molecule has 0 bridgehead atoms. The zero-order valence-corrected chi connectivity index (χ0v) is 12.6. The summed E-state index contributed by atoms with van der Waals surface area (Å²) in [5.74, 6) is -0.481. The first kappa shape index (κ1) is 17.4. The lowest BCUT2D eigenvalue weighted by Crippen LogP contribution is -2.35. The minimum Gasteiger partial charge on any atom is -0.351 e. The molecule has 0 saturated heterocycles. The third kappa shape index (κ3) is 5.66. The monoisotopic (exact) mass is 316 g/mol. The van der Waals surface area contributed by atoms with E-state index in [1.807, 2.05) is 13.8 Å². The highest BCUT2D eigenvalue weighted by Crippen LogP contribution is 2.20. The van der Waals surface area contributed by atoms with E-state index < -0.39 is 17.1 Å². The molecule has 0 heterocycles. The second-order valence-corrected chi connectivity index (χ2v) is 4.44. The van der Waals surface area contributed by atoms with E-state index in [0.29, 0.717) is 13.2 Å². The number of nitrogens with zero attached hydrogens (tertiary/aromatic N) is 1. The highest BCUT2D eigenvalue weighted by molar-refractivity contribution is 6.31. The van der Waals surface area contributed by atoms with Crippen molar-refractivity contribution in [2.24, 2.45) is 0 Å². The maximum absolute atomic E-state index is 12.0. The van der Waals surface area contributed by atoms with Crippen molar-refractivity contribution >= 4 is 23.2 Å². The zero-order chi connectivity index (χ0) is 15.8. The fourth-order valence-electron chi connectivity index (χ4n) is 1.63. The first-order valence-corrected chi connectivity index (χ1v) is 6.82. The molecule has 0 aliphatic carbocycles. The van der Waals surface area contributed by atoms with E-state index in [1.54, 1.807) is 0 Å². The maximum atomic E-state index is 12.0. The zero-order valence-electron chi connectivity index (χ0n) is 11.8. The highest BCUT2D eigenvalue weighted by Gasteiger charge is 2.15. The van der Waals surface area contributed by atoms with E-state index in [4.69, 9.17) is 21.1 Å². The highest BCUT2D eigenvalue weighted by atomic mass is 35.5. The van der Waals surface area contributed by atoms with Crippen molar-refractivity contribution in [2.45, 2.75) is 20.1 Å². The summed E-state index contributed by atoms with van der Waals surface area (Å²) in [5.41, 5.74) is -0.125. The van der Waals surface area contributed by atoms with E-state index in [0.717, 1.165) is 6.07 Å². The van der Waals surface area contributed by atoms with Crippen molar-refractivity contribution in [3.05, 3.63) is 38.9 Å². The number of halogens is 1. The number of non-ortho nitro benzene ring substituents is 1. The van der Waals surface area contributed by atoms with Gasteiger partial charge in [0.1, 0.15) is 0 Å². The van der Waals surface area contributed by atoms with Gasteiger partial charge in [-0.1, -0.05) is 11.6 Å². The first-order chi connectivity index (χ1) is 9.97. The number of hydrogen-bond acceptors (Lipinski definition) is 5. The third-order valence-corrected chi connectivity index (χ3v) is 2.71. The van der Waals surface area contributed by atoms with Gasteiger partial charge in [0.2, 0.25) is 0 Å². The Morgan fingerprint density at radius 2 is 1.95 bits per heavy atom. The van der Waals surface area contributed by atoms with Crippen LogP contribution in [-0.4, -0.2) is 36.9 Å². The molecule has 1 amide bonds. The van der Waals surface area contributed by atoms with Crippen LogP contribution in [0.25, 0.3) is 0 Å². The molecule has 7 nitrogen and oxygen atoms in total. The molecule has 1 N–H and O–H groups in total. The third-order valence-electron chi connectivity index (χ3n) is 2.49. The summed E-state index contributed by atoms with van der Waals surface area (Å²) in [6.07, 6.45) is -0.557. The molecule has 0 radical (unpaired) electrons. The normalized spacial score (nSPS) is 10.7. The predicted octanol–water partition coefficient (Wildman–Crippen LogP) is 2.38. The molecule has 21 heavy (non-hydrogen) atoms. The molecule has 0 atom stereocenters. The number of nitro groups is 1. The Morgan fingerprint density at radius 1 is 1.33 bits per heavy atom. The van der Waals surface area contributed by atoms with Crippen LogP contribution in [0.5, 0.6) is 0 Å². The number of ether oxygens (including phenoxy) is 2. The summed E-state index contributed by atoms with van der Waals surface area (Å²) in [6.45, 7) is 4.66. The molecule has 0 spiro atoms. The van der Waals surface area contributed by atoms with Crippen molar-refractivity contribution in [3.63, 3.8) is 0 Å². The summed E-state index contributed by atoms with van der Waals surface area (Å²) in [7, 11) is 0. The number of nitrogens with one attached hydrogen (secondary N) is 1. The average molecular weight is 317 g/mol. The standard InChI is InChI=1S/C13H17ClN2O5/c1-3-20-12(21-4-2)8-15-13(17)9-5-10(14)7-11(6-9)16(18)19/h5-7,12H,3-4,8H2,1-2H3,(H,15,17). The molecule has 0 saturated carbocycles. The van der Waals surface area contributed by atoms with Crippen LogP contribution in [0.3, 0.4) is 0 Å². The Hall–Kier alpha value is -1.70. The Bertz CT molecular complexity index is 503.